The molecule has 0 aromatic rings. The van der Waals surface area contributed by atoms with Gasteiger partial charge in [-0.05, 0) is 39.0 Å². The van der Waals surface area contributed by atoms with E-state index in [9.17, 15) is 35.4 Å². The van der Waals surface area contributed by atoms with E-state index < -0.39 is 61.6 Å². The zero-order chi connectivity index (χ0) is 29.3. The van der Waals surface area contributed by atoms with E-state index in [0.29, 0.717) is 19.3 Å². The van der Waals surface area contributed by atoms with Gasteiger partial charge in [0.2, 0.25) is 0 Å². The van der Waals surface area contributed by atoms with Crippen LogP contribution in [0.3, 0.4) is 0 Å². The molecule has 0 spiro atoms. The lowest BCUT2D eigenvalue weighted by Crippen LogP contribution is -2.59. The molecule has 1 fully saturated rings. The maximum absolute atomic E-state index is 12.1. The minimum atomic E-state index is -1.57. The van der Waals surface area contributed by atoms with Crippen LogP contribution in [0, 0.1) is 0 Å². The van der Waals surface area contributed by atoms with Crippen molar-refractivity contribution in [2.45, 2.75) is 101 Å². The Morgan fingerprint density at radius 3 is 2.35 bits per heavy atom. The number of hydrogen-bond acceptors (Lipinski definition) is 10. The third-order valence-electron chi connectivity index (χ3n) is 6.38. The molecule has 0 saturated carbocycles. The number of carbonyl (C=O) groups is 1. The maximum atomic E-state index is 12.1. The highest BCUT2D eigenvalue weighted by Gasteiger charge is 2.44. The van der Waals surface area contributed by atoms with E-state index in [0.717, 1.165) is 12.8 Å². The van der Waals surface area contributed by atoms with E-state index in [2.05, 4.69) is 0 Å². The average Bonchev–Trinajstić information content (AvgIpc) is 2.91. The zero-order valence-electron chi connectivity index (χ0n) is 22.9. The van der Waals surface area contributed by atoms with Crippen molar-refractivity contribution in [1.29, 1.82) is 0 Å². The normalized spacial score (nSPS) is 40.6. The van der Waals surface area contributed by atoms with Gasteiger partial charge in [0, 0.05) is 12.5 Å². The second-order valence-corrected chi connectivity index (χ2v) is 9.89. The first-order valence-corrected chi connectivity index (χ1v) is 13.7. The summed E-state index contributed by atoms with van der Waals surface area (Å²) in [5.41, 5.74) is 0. The Labute approximate surface area is 235 Å². The van der Waals surface area contributed by atoms with Crippen molar-refractivity contribution in [3.8, 4) is 0 Å². The topological polar surface area (TPSA) is 166 Å². The van der Waals surface area contributed by atoms with Gasteiger partial charge in [-0.2, -0.15) is 0 Å². The lowest BCUT2D eigenvalue weighted by Gasteiger charge is -2.40. The van der Waals surface area contributed by atoms with Gasteiger partial charge in [-0.1, -0.05) is 66.8 Å². The number of carbonyl (C=O) groups excluding carboxylic acids is 1. The van der Waals surface area contributed by atoms with Crippen LogP contribution in [0.1, 0.15) is 45.4 Å². The average molecular weight is 565 g/mol. The molecule has 1 saturated heterocycles. The molecule has 0 aromatic carbocycles. The van der Waals surface area contributed by atoms with Crippen LogP contribution in [0.25, 0.3) is 0 Å². The van der Waals surface area contributed by atoms with Crippen LogP contribution >= 0.6 is 0 Å². The molecule has 9 atom stereocenters. The molecule has 0 unspecified atom stereocenters. The third-order valence-corrected chi connectivity index (χ3v) is 6.38. The molecule has 40 heavy (non-hydrogen) atoms. The van der Waals surface area contributed by atoms with Crippen LogP contribution in [0.5, 0.6) is 0 Å². The third kappa shape index (κ3) is 12.8. The molecular formula is C30H44O10. The molecule has 0 aliphatic carbocycles. The van der Waals surface area contributed by atoms with Crippen molar-refractivity contribution >= 4 is 5.97 Å². The molecule has 10 nitrogen and oxygen atoms in total. The summed E-state index contributed by atoms with van der Waals surface area (Å²) < 4.78 is 16.7. The Hall–Kier alpha value is -2.41. The molecule has 2 aliphatic heterocycles. The largest absolute Gasteiger partial charge is 0.460 e. The van der Waals surface area contributed by atoms with Gasteiger partial charge in [0.05, 0.1) is 31.0 Å². The highest BCUT2D eigenvalue weighted by atomic mass is 16.7. The van der Waals surface area contributed by atoms with Gasteiger partial charge in [-0.25, -0.2) is 4.79 Å². The van der Waals surface area contributed by atoms with E-state index in [1.54, 1.807) is 54.7 Å². The van der Waals surface area contributed by atoms with E-state index in [1.165, 1.54) is 6.08 Å². The summed E-state index contributed by atoms with van der Waals surface area (Å²) >= 11 is 0. The van der Waals surface area contributed by atoms with Crippen molar-refractivity contribution in [3.63, 3.8) is 0 Å². The summed E-state index contributed by atoms with van der Waals surface area (Å²) in [6.07, 6.45) is 13.9. The molecule has 0 amide bonds. The monoisotopic (exact) mass is 564 g/mol. The number of ether oxygens (including phenoxy) is 3. The number of cyclic esters (lactones) is 1. The van der Waals surface area contributed by atoms with E-state index >= 15 is 0 Å². The van der Waals surface area contributed by atoms with Crippen LogP contribution in [0.15, 0.2) is 72.9 Å². The first-order valence-electron chi connectivity index (χ1n) is 13.7. The fourth-order valence-corrected chi connectivity index (χ4v) is 4.10. The Kier molecular flexibility index (Phi) is 15.9. The van der Waals surface area contributed by atoms with Gasteiger partial charge >= 0.3 is 5.97 Å². The molecule has 0 radical (unpaired) electrons. The van der Waals surface area contributed by atoms with Crippen LogP contribution in [0.2, 0.25) is 0 Å². The van der Waals surface area contributed by atoms with E-state index in [1.807, 2.05) is 19.1 Å². The second-order valence-electron chi connectivity index (χ2n) is 9.89. The SMILES string of the molecule is C[C@@H]1CCC/C=C\C=C\[C@H](O)C[C@@H](O)C/C=C\C=C\[C@@H](O[C@@H]2O[C@H](CO)[C@H](O)[C@H](O)[C@H]2O)C/C=C/C=C\C(=O)O1. The second kappa shape index (κ2) is 18.8. The molecular weight excluding hydrogens is 520 g/mol. The van der Waals surface area contributed by atoms with Gasteiger partial charge in [0.1, 0.15) is 24.4 Å². The molecule has 2 aliphatic rings. The first-order chi connectivity index (χ1) is 19.2. The summed E-state index contributed by atoms with van der Waals surface area (Å²) in [6.45, 7) is 1.26. The summed E-state index contributed by atoms with van der Waals surface area (Å²) in [6, 6.07) is 0. The number of hydrogen-bond donors (Lipinski definition) is 6. The smallest absolute Gasteiger partial charge is 0.331 e. The fraction of sp³-hybridized carbons (Fsp3) is 0.567. The van der Waals surface area contributed by atoms with Crippen molar-refractivity contribution in [3.05, 3.63) is 72.9 Å². The van der Waals surface area contributed by atoms with Crippen LogP contribution in [-0.4, -0.2) is 98.3 Å². The van der Waals surface area contributed by atoms with Gasteiger partial charge in [0.25, 0.3) is 0 Å². The predicted molar refractivity (Wildman–Crippen MR) is 149 cm³/mol. The highest BCUT2D eigenvalue weighted by Crippen LogP contribution is 2.24. The summed E-state index contributed by atoms with van der Waals surface area (Å²) in [7, 11) is 0. The Morgan fingerprint density at radius 1 is 0.875 bits per heavy atom. The molecule has 0 bridgehead atoms. The number of allylic oxidation sites excluding steroid dienone is 7. The van der Waals surface area contributed by atoms with Crippen LogP contribution < -0.4 is 0 Å². The first kappa shape index (κ1) is 33.8. The predicted octanol–water partition coefficient (Wildman–Crippen LogP) is 1.52. The Morgan fingerprint density at radius 2 is 1.57 bits per heavy atom. The van der Waals surface area contributed by atoms with Crippen molar-refractivity contribution in [2.24, 2.45) is 0 Å². The van der Waals surface area contributed by atoms with Gasteiger partial charge in [-0.15, -0.1) is 0 Å². The molecule has 10 heteroatoms. The van der Waals surface area contributed by atoms with Gasteiger partial charge in [-0.3, -0.25) is 0 Å². The maximum Gasteiger partial charge on any atom is 0.331 e. The van der Waals surface area contributed by atoms with Crippen LogP contribution in [-0.2, 0) is 19.0 Å². The standard InChI is InChI=1S/C30H44O10/c1-21-13-7-3-2-4-8-14-22(32)19-23(33)15-9-5-10-16-24(17-11-6-12-18-26(34)38-21)39-30-29(37)28(36)27(35)25(20-31)40-30/h2,4-6,8-12,14,16,18,21-25,27-33,35-37H,3,7,13,15,17,19-20H2,1H3/b4-2-,9-5-,11-6+,14-8+,16-10+,18-12-/t21-,22+,23+,24-,25-,27+,28+,29-,30-/m1/s1. The summed E-state index contributed by atoms with van der Waals surface area (Å²) in [5.74, 6) is -0.458. The quantitative estimate of drug-likeness (QED) is 0.277. The lowest BCUT2D eigenvalue weighted by atomic mass is 9.99. The van der Waals surface area contributed by atoms with E-state index in [4.69, 9.17) is 14.2 Å². The molecule has 6 N–H and O–H groups in total. The number of esters is 1. The Balaban J connectivity index is 2.12. The van der Waals surface area contributed by atoms with Crippen molar-refractivity contribution < 1.29 is 49.6 Å². The molecule has 0 aromatic heterocycles. The van der Waals surface area contributed by atoms with Gasteiger partial charge in [0.15, 0.2) is 6.29 Å². The van der Waals surface area contributed by atoms with Crippen LogP contribution in [0.4, 0.5) is 0 Å². The van der Waals surface area contributed by atoms with Crippen molar-refractivity contribution in [1.82, 2.24) is 0 Å². The zero-order valence-corrected chi connectivity index (χ0v) is 22.9. The highest BCUT2D eigenvalue weighted by molar-refractivity contribution is 5.82. The van der Waals surface area contributed by atoms with Crippen molar-refractivity contribution in [2.75, 3.05) is 6.61 Å². The molecule has 2 rings (SSSR count). The minimum Gasteiger partial charge on any atom is -0.460 e. The molecule has 224 valence electrons. The lowest BCUT2D eigenvalue weighted by molar-refractivity contribution is -0.307. The Bertz CT molecular complexity index is 906. The fourth-order valence-electron chi connectivity index (χ4n) is 4.10. The summed E-state index contributed by atoms with van der Waals surface area (Å²) in [5, 5.41) is 60.2. The summed E-state index contributed by atoms with van der Waals surface area (Å²) in [4.78, 5) is 12.1. The number of aliphatic hydroxyl groups is 6. The minimum absolute atomic E-state index is 0.183. The molecule has 2 heterocycles. The number of aliphatic hydroxyl groups excluding tert-OH is 6. The van der Waals surface area contributed by atoms with E-state index in [-0.39, 0.29) is 12.5 Å². The number of rotatable bonds is 3. The van der Waals surface area contributed by atoms with Gasteiger partial charge < -0.3 is 44.8 Å².